The molecular formula is C30H23ClFN3O4S. The first-order valence-electron chi connectivity index (χ1n) is 12.1. The first kappa shape index (κ1) is 28.5. The van der Waals surface area contributed by atoms with Crippen LogP contribution in [0.15, 0.2) is 71.5 Å². The molecule has 202 valence electrons. The number of amides is 1. The lowest BCUT2D eigenvalue weighted by Gasteiger charge is -2.08. The Morgan fingerprint density at radius 3 is 2.35 bits per heavy atom. The number of esters is 1. The molecule has 1 aromatic heterocycles. The summed E-state index contributed by atoms with van der Waals surface area (Å²) in [6.45, 7) is 4.09. The molecule has 4 aromatic rings. The zero-order chi connectivity index (χ0) is 29.0. The number of benzene rings is 3. The van der Waals surface area contributed by atoms with Gasteiger partial charge in [0, 0.05) is 5.69 Å². The van der Waals surface area contributed by atoms with E-state index in [-0.39, 0.29) is 31.4 Å². The van der Waals surface area contributed by atoms with Crippen molar-refractivity contribution in [2.75, 3.05) is 12.4 Å². The predicted octanol–water partition coefficient (Wildman–Crippen LogP) is 4.74. The van der Waals surface area contributed by atoms with E-state index in [1.54, 1.807) is 42.5 Å². The zero-order valence-electron chi connectivity index (χ0n) is 21.7. The second-order valence-corrected chi connectivity index (χ2v) is 10.4. The lowest BCUT2D eigenvalue weighted by Crippen LogP contribution is -2.32. The minimum Gasteiger partial charge on any atom is -0.465 e. The van der Waals surface area contributed by atoms with Gasteiger partial charge in [-0.2, -0.15) is 5.26 Å². The van der Waals surface area contributed by atoms with Gasteiger partial charge in [-0.15, -0.1) is 11.3 Å². The van der Waals surface area contributed by atoms with Crippen molar-refractivity contribution in [2.24, 2.45) is 0 Å². The number of nitrogens with one attached hydrogen (secondary N) is 1. The summed E-state index contributed by atoms with van der Waals surface area (Å²) in [7, 11) is 1.29. The molecule has 0 saturated carbocycles. The lowest BCUT2D eigenvalue weighted by molar-refractivity contribution is -0.111. The van der Waals surface area contributed by atoms with E-state index in [4.69, 9.17) is 16.3 Å². The van der Waals surface area contributed by atoms with Gasteiger partial charge in [0.2, 0.25) is 0 Å². The molecule has 3 aromatic carbocycles. The Labute approximate surface area is 238 Å². The molecule has 0 spiro atoms. The maximum Gasteiger partial charge on any atom is 0.337 e. The van der Waals surface area contributed by atoms with Gasteiger partial charge < -0.3 is 10.1 Å². The number of halogens is 2. The van der Waals surface area contributed by atoms with E-state index in [0.717, 1.165) is 23.0 Å². The van der Waals surface area contributed by atoms with Crippen molar-refractivity contribution in [3.8, 4) is 11.8 Å². The van der Waals surface area contributed by atoms with Crippen molar-refractivity contribution in [3.63, 3.8) is 0 Å². The van der Waals surface area contributed by atoms with Crippen LogP contribution in [0.1, 0.15) is 41.3 Å². The molecule has 10 heteroatoms. The number of thiazole rings is 1. The molecule has 7 nitrogen and oxygen atoms in total. The molecule has 0 aliphatic heterocycles. The molecular weight excluding hydrogens is 553 g/mol. The SMILES string of the molecule is COC(=O)c1ccc(C=c2sc(=C(C#N)C(=O)Nc3ccc(F)c(Cl)c3)n(-c3ccc(C(C)C)cc3)c2=O)cc1. The molecule has 0 atom stereocenters. The number of carbonyl (C=O) groups is 2. The average molecular weight is 576 g/mol. The number of carbonyl (C=O) groups excluding carboxylic acids is 2. The van der Waals surface area contributed by atoms with E-state index in [1.807, 2.05) is 32.0 Å². The van der Waals surface area contributed by atoms with Gasteiger partial charge in [-0.25, -0.2) is 9.18 Å². The van der Waals surface area contributed by atoms with Gasteiger partial charge >= 0.3 is 5.97 Å². The highest BCUT2D eigenvalue weighted by Crippen LogP contribution is 2.20. The topological polar surface area (TPSA) is 101 Å². The van der Waals surface area contributed by atoms with E-state index in [2.05, 4.69) is 5.32 Å². The van der Waals surface area contributed by atoms with Crippen molar-refractivity contribution in [3.05, 3.63) is 114 Å². The largest absolute Gasteiger partial charge is 0.465 e. The van der Waals surface area contributed by atoms with E-state index in [1.165, 1.54) is 23.8 Å². The Balaban J connectivity index is 1.91. The maximum absolute atomic E-state index is 13.7. The second-order valence-electron chi connectivity index (χ2n) is 8.99. The minimum atomic E-state index is -0.784. The summed E-state index contributed by atoms with van der Waals surface area (Å²) in [6, 6.07) is 19.3. The van der Waals surface area contributed by atoms with Gasteiger partial charge in [0.15, 0.2) is 5.57 Å². The number of nitrogens with zero attached hydrogens (tertiary/aromatic N) is 2. The third-order valence-corrected chi connectivity index (χ3v) is 7.38. The quantitative estimate of drug-likeness (QED) is 0.335. The van der Waals surface area contributed by atoms with Crippen molar-refractivity contribution in [1.29, 1.82) is 5.26 Å². The van der Waals surface area contributed by atoms with Crippen molar-refractivity contribution in [1.82, 2.24) is 4.57 Å². The van der Waals surface area contributed by atoms with Crippen LogP contribution in [0.4, 0.5) is 10.1 Å². The normalized spacial score (nSPS) is 12.2. The van der Waals surface area contributed by atoms with E-state index in [0.29, 0.717) is 16.8 Å². The Hall–Kier alpha value is -4.52. The molecule has 0 fully saturated rings. The standard InChI is InChI=1S/C30H23ClFN3O4S/c1-17(2)19-8-11-22(12-9-19)35-28(37)26(14-18-4-6-20(7-5-18)30(38)39-3)40-29(35)23(16-33)27(36)34-21-10-13-25(32)24(31)15-21/h4-15,17H,1-3H3,(H,34,36). The number of anilines is 1. The summed E-state index contributed by atoms with van der Waals surface area (Å²) in [5, 5.41) is 12.4. The van der Waals surface area contributed by atoms with E-state index >= 15 is 0 Å². The molecule has 1 N–H and O–H groups in total. The molecule has 0 aliphatic rings. The van der Waals surface area contributed by atoms with Crippen LogP contribution in [0.5, 0.6) is 0 Å². The molecule has 1 heterocycles. The van der Waals surface area contributed by atoms with Gasteiger partial charge in [-0.05, 0) is 65.6 Å². The Bertz CT molecular complexity index is 1820. The third-order valence-electron chi connectivity index (χ3n) is 6.00. The highest BCUT2D eigenvalue weighted by molar-refractivity contribution is 7.07. The number of ether oxygens (including phenoxy) is 1. The molecule has 4 rings (SSSR count). The minimum absolute atomic E-state index is 0.118. The van der Waals surface area contributed by atoms with Crippen LogP contribution in [0.2, 0.25) is 5.02 Å². The van der Waals surface area contributed by atoms with Crippen LogP contribution in [-0.4, -0.2) is 23.6 Å². The fraction of sp³-hybridized carbons (Fsp3) is 0.133. The molecule has 0 bridgehead atoms. The molecule has 0 saturated heterocycles. The fourth-order valence-electron chi connectivity index (χ4n) is 3.84. The second kappa shape index (κ2) is 12.1. The Morgan fingerprint density at radius 1 is 1.10 bits per heavy atom. The summed E-state index contributed by atoms with van der Waals surface area (Å²) in [6.07, 6.45) is 1.61. The molecule has 0 aliphatic carbocycles. The lowest BCUT2D eigenvalue weighted by atomic mass is 10.0. The van der Waals surface area contributed by atoms with Crippen LogP contribution < -0.4 is 20.1 Å². The van der Waals surface area contributed by atoms with Crippen LogP contribution in [-0.2, 0) is 9.53 Å². The van der Waals surface area contributed by atoms with Crippen LogP contribution in [0.25, 0.3) is 17.3 Å². The summed E-state index contributed by atoms with van der Waals surface area (Å²) in [5.74, 6) is -1.66. The van der Waals surface area contributed by atoms with Gasteiger partial charge in [-0.1, -0.05) is 49.7 Å². The van der Waals surface area contributed by atoms with Crippen molar-refractivity contribution in [2.45, 2.75) is 19.8 Å². The number of hydrogen-bond acceptors (Lipinski definition) is 6. The van der Waals surface area contributed by atoms with Crippen molar-refractivity contribution < 1.29 is 18.7 Å². The van der Waals surface area contributed by atoms with E-state index < -0.39 is 23.3 Å². The summed E-state index contributed by atoms with van der Waals surface area (Å²) in [4.78, 5) is 38.6. The van der Waals surface area contributed by atoms with Gasteiger partial charge in [0.1, 0.15) is 16.5 Å². The fourth-order valence-corrected chi connectivity index (χ4v) is 5.12. The average Bonchev–Trinajstić information content (AvgIpc) is 3.26. The van der Waals surface area contributed by atoms with Gasteiger partial charge in [0.05, 0.1) is 27.9 Å². The first-order chi connectivity index (χ1) is 19.1. The monoisotopic (exact) mass is 575 g/mol. The molecule has 40 heavy (non-hydrogen) atoms. The Kier molecular flexibility index (Phi) is 8.63. The highest BCUT2D eigenvalue weighted by Gasteiger charge is 2.18. The van der Waals surface area contributed by atoms with Gasteiger partial charge in [-0.3, -0.25) is 14.2 Å². The van der Waals surface area contributed by atoms with Crippen molar-refractivity contribution >= 4 is 52.2 Å². The smallest absolute Gasteiger partial charge is 0.337 e. The number of nitriles is 1. The predicted molar refractivity (Wildman–Crippen MR) is 154 cm³/mol. The number of rotatable bonds is 6. The van der Waals surface area contributed by atoms with Crippen LogP contribution >= 0.6 is 22.9 Å². The molecule has 0 radical (unpaired) electrons. The summed E-state index contributed by atoms with van der Waals surface area (Å²) >= 11 is 6.81. The number of methoxy groups -OCH3 is 1. The van der Waals surface area contributed by atoms with Gasteiger partial charge in [0.25, 0.3) is 11.5 Å². The molecule has 0 unspecified atom stereocenters. The third kappa shape index (κ3) is 6.04. The zero-order valence-corrected chi connectivity index (χ0v) is 23.3. The number of hydrogen-bond donors (Lipinski definition) is 1. The maximum atomic E-state index is 13.7. The summed E-state index contributed by atoms with van der Waals surface area (Å²) in [5.41, 5.74) is 1.97. The number of aromatic nitrogens is 1. The first-order valence-corrected chi connectivity index (χ1v) is 13.3. The molecule has 1 amide bonds. The van der Waals surface area contributed by atoms with Crippen LogP contribution in [0, 0.1) is 17.1 Å². The van der Waals surface area contributed by atoms with E-state index in [9.17, 15) is 24.0 Å². The highest BCUT2D eigenvalue weighted by atomic mass is 35.5. The Morgan fingerprint density at radius 2 is 1.77 bits per heavy atom. The summed E-state index contributed by atoms with van der Waals surface area (Å²) < 4.78 is 20.0. The van der Waals surface area contributed by atoms with Crippen LogP contribution in [0.3, 0.4) is 0 Å².